The van der Waals surface area contributed by atoms with Gasteiger partial charge in [0.15, 0.2) is 0 Å². The first-order chi connectivity index (χ1) is 6.97. The lowest BCUT2D eigenvalue weighted by molar-refractivity contribution is 0.608. The molecule has 0 bridgehead atoms. The van der Waals surface area contributed by atoms with Crippen LogP contribution in [0.1, 0.15) is 5.69 Å². The summed E-state index contributed by atoms with van der Waals surface area (Å²) in [5.74, 6) is -0.366. The first-order valence-electron chi connectivity index (χ1n) is 4.01. The van der Waals surface area contributed by atoms with Crippen molar-refractivity contribution < 1.29 is 8.42 Å². The number of imidazole rings is 1. The van der Waals surface area contributed by atoms with Crippen molar-refractivity contribution in [3.05, 3.63) is 35.2 Å². The highest BCUT2D eigenvalue weighted by molar-refractivity contribution is 8.13. The van der Waals surface area contributed by atoms with Crippen LogP contribution in [-0.4, -0.2) is 17.8 Å². The molecule has 4 nitrogen and oxygen atoms in total. The van der Waals surface area contributed by atoms with E-state index in [0.717, 1.165) is 0 Å². The summed E-state index contributed by atoms with van der Waals surface area (Å²) in [6.07, 6.45) is 1.70. The zero-order chi connectivity index (χ0) is 11.1. The number of halogens is 2. The summed E-state index contributed by atoms with van der Waals surface area (Å²) in [6.45, 7) is 0. The molecular weight excluding hydrogens is 259 g/mol. The second-order valence-corrected chi connectivity index (χ2v) is 6.10. The van der Waals surface area contributed by atoms with Crippen molar-refractivity contribution >= 4 is 37.0 Å². The van der Waals surface area contributed by atoms with Crippen LogP contribution in [0.25, 0.3) is 5.65 Å². The lowest BCUT2D eigenvalue weighted by Gasteiger charge is -1.93. The Morgan fingerprint density at radius 2 is 2.13 bits per heavy atom. The molecule has 80 valence electrons. The quantitative estimate of drug-likeness (QED) is 0.781. The number of nitrogens with zero attached hydrogens (tertiary/aromatic N) is 2. The normalized spacial score (nSPS) is 12.1. The zero-order valence-electron chi connectivity index (χ0n) is 7.39. The fraction of sp³-hybridized carbons (Fsp3) is 0.125. The van der Waals surface area contributed by atoms with Crippen molar-refractivity contribution in [1.29, 1.82) is 0 Å². The molecule has 0 saturated heterocycles. The fourth-order valence-electron chi connectivity index (χ4n) is 1.27. The van der Waals surface area contributed by atoms with E-state index in [1.54, 1.807) is 28.8 Å². The van der Waals surface area contributed by atoms with E-state index in [4.69, 9.17) is 22.3 Å². The third-order valence-corrected chi connectivity index (χ3v) is 3.19. The summed E-state index contributed by atoms with van der Waals surface area (Å²) in [7, 11) is 1.50. The Kier molecular flexibility index (Phi) is 2.62. The monoisotopic (exact) mass is 264 g/mol. The molecule has 0 fully saturated rings. The molecule has 0 N–H and O–H groups in total. The van der Waals surface area contributed by atoms with Crippen molar-refractivity contribution in [3.63, 3.8) is 0 Å². The van der Waals surface area contributed by atoms with Crippen molar-refractivity contribution in [1.82, 2.24) is 9.38 Å². The van der Waals surface area contributed by atoms with Gasteiger partial charge >= 0.3 is 0 Å². The molecular formula is C8H6Cl2N2O2S. The molecule has 0 aliphatic rings. The van der Waals surface area contributed by atoms with Crippen molar-refractivity contribution in [2.24, 2.45) is 0 Å². The van der Waals surface area contributed by atoms with Crippen molar-refractivity contribution in [3.8, 4) is 0 Å². The van der Waals surface area contributed by atoms with Crippen LogP contribution in [0.15, 0.2) is 24.4 Å². The van der Waals surface area contributed by atoms with Crippen molar-refractivity contribution in [2.75, 3.05) is 0 Å². The predicted octanol–water partition coefficient (Wildman–Crippen LogP) is 2.06. The van der Waals surface area contributed by atoms with Crippen LogP contribution in [0.3, 0.4) is 0 Å². The smallest absolute Gasteiger partial charge is 0.238 e. The highest BCUT2D eigenvalue weighted by Gasteiger charge is 2.15. The lowest BCUT2D eigenvalue weighted by atomic mass is 10.5. The van der Waals surface area contributed by atoms with Gasteiger partial charge in [-0.1, -0.05) is 17.7 Å². The van der Waals surface area contributed by atoms with Gasteiger partial charge in [-0.3, -0.25) is 4.40 Å². The maximum atomic E-state index is 10.9. The predicted molar refractivity (Wildman–Crippen MR) is 58.7 cm³/mol. The molecule has 2 aromatic heterocycles. The largest absolute Gasteiger partial charge is 0.290 e. The van der Waals surface area contributed by atoms with E-state index in [9.17, 15) is 8.42 Å². The minimum absolute atomic E-state index is 0.262. The molecule has 2 heterocycles. The molecule has 0 aromatic carbocycles. The minimum atomic E-state index is -3.64. The standard InChI is InChI=1S/C8H6Cl2N2O2S/c9-8-6(5-15(10,13)14)11-7-3-1-2-4-12(7)8/h1-4H,5H2. The first kappa shape index (κ1) is 10.7. The maximum Gasteiger partial charge on any atom is 0.238 e. The van der Waals surface area contributed by atoms with E-state index < -0.39 is 9.05 Å². The van der Waals surface area contributed by atoms with Crippen LogP contribution >= 0.6 is 22.3 Å². The van der Waals surface area contributed by atoms with Gasteiger partial charge in [-0.2, -0.15) is 0 Å². The van der Waals surface area contributed by atoms with E-state index in [1.165, 1.54) is 0 Å². The van der Waals surface area contributed by atoms with Crippen LogP contribution < -0.4 is 0 Å². The third-order valence-electron chi connectivity index (χ3n) is 1.85. The molecule has 7 heteroatoms. The van der Waals surface area contributed by atoms with Crippen LogP contribution in [0.2, 0.25) is 5.15 Å². The maximum absolute atomic E-state index is 10.9. The summed E-state index contributed by atoms with van der Waals surface area (Å²) in [4.78, 5) is 4.07. The molecule has 0 unspecified atom stereocenters. The Morgan fingerprint density at radius 3 is 2.73 bits per heavy atom. The minimum Gasteiger partial charge on any atom is -0.290 e. The Bertz CT molecular complexity index is 606. The van der Waals surface area contributed by atoms with Gasteiger partial charge in [-0.05, 0) is 12.1 Å². The lowest BCUT2D eigenvalue weighted by Crippen LogP contribution is -1.95. The van der Waals surface area contributed by atoms with E-state index in [2.05, 4.69) is 4.98 Å². The van der Waals surface area contributed by atoms with Crippen LogP contribution in [-0.2, 0) is 14.8 Å². The first-order valence-corrected chi connectivity index (χ1v) is 6.87. The molecule has 0 aliphatic heterocycles. The third kappa shape index (κ3) is 2.25. The second-order valence-electron chi connectivity index (χ2n) is 2.96. The zero-order valence-corrected chi connectivity index (χ0v) is 9.72. The van der Waals surface area contributed by atoms with E-state index >= 15 is 0 Å². The topological polar surface area (TPSA) is 51.4 Å². The number of pyridine rings is 1. The Labute approximate surface area is 95.9 Å². The number of hydrogen-bond acceptors (Lipinski definition) is 3. The molecule has 0 atom stereocenters. The number of aromatic nitrogens is 2. The molecule has 2 rings (SSSR count). The molecule has 0 radical (unpaired) electrons. The highest BCUT2D eigenvalue weighted by atomic mass is 35.7. The molecule has 0 amide bonds. The van der Waals surface area contributed by atoms with Crippen LogP contribution in [0.4, 0.5) is 0 Å². The SMILES string of the molecule is O=S(=O)(Cl)Cc1nc2ccccn2c1Cl. The summed E-state index contributed by atoms with van der Waals surface area (Å²) < 4.78 is 23.4. The summed E-state index contributed by atoms with van der Waals surface area (Å²) in [5.41, 5.74) is 0.857. The summed E-state index contributed by atoms with van der Waals surface area (Å²) in [5, 5.41) is 0.273. The van der Waals surface area contributed by atoms with Gasteiger partial charge in [-0.25, -0.2) is 13.4 Å². The van der Waals surface area contributed by atoms with Crippen molar-refractivity contribution in [2.45, 2.75) is 5.75 Å². The summed E-state index contributed by atoms with van der Waals surface area (Å²) >= 11 is 5.94. The number of fused-ring (bicyclic) bond motifs is 1. The van der Waals surface area contributed by atoms with Crippen LogP contribution in [0.5, 0.6) is 0 Å². The van der Waals surface area contributed by atoms with E-state index in [1.807, 2.05) is 0 Å². The van der Waals surface area contributed by atoms with Gasteiger partial charge in [0, 0.05) is 16.9 Å². The molecule has 15 heavy (non-hydrogen) atoms. The highest BCUT2D eigenvalue weighted by Crippen LogP contribution is 2.21. The number of rotatable bonds is 2. The molecule has 0 spiro atoms. The molecule has 0 aliphatic carbocycles. The Hall–Kier alpha value is -0.780. The van der Waals surface area contributed by atoms with Gasteiger partial charge in [0.1, 0.15) is 16.6 Å². The van der Waals surface area contributed by atoms with E-state index in [0.29, 0.717) is 5.65 Å². The van der Waals surface area contributed by atoms with Gasteiger partial charge in [-0.15, -0.1) is 0 Å². The van der Waals surface area contributed by atoms with Gasteiger partial charge in [0.25, 0.3) is 0 Å². The summed E-state index contributed by atoms with van der Waals surface area (Å²) in [6, 6.07) is 5.30. The van der Waals surface area contributed by atoms with E-state index in [-0.39, 0.29) is 16.6 Å². The Balaban J connectivity index is 2.58. The molecule has 0 saturated carbocycles. The van der Waals surface area contributed by atoms with Gasteiger partial charge in [0.05, 0.1) is 5.69 Å². The van der Waals surface area contributed by atoms with Gasteiger partial charge < -0.3 is 0 Å². The molecule has 2 aromatic rings. The number of hydrogen-bond donors (Lipinski definition) is 0. The second kappa shape index (κ2) is 3.66. The average Bonchev–Trinajstić information content (AvgIpc) is 2.42. The Morgan fingerprint density at radius 1 is 1.40 bits per heavy atom. The van der Waals surface area contributed by atoms with Gasteiger partial charge in [0.2, 0.25) is 9.05 Å². The average molecular weight is 265 g/mol. The van der Waals surface area contributed by atoms with Crippen LogP contribution in [0, 0.1) is 0 Å². The fourth-order valence-corrected chi connectivity index (χ4v) is 2.44.